The van der Waals surface area contributed by atoms with Gasteiger partial charge in [-0.15, -0.1) is 0 Å². The molecule has 2 aromatic heterocycles. The van der Waals surface area contributed by atoms with Crippen molar-refractivity contribution in [2.24, 2.45) is 5.73 Å². The van der Waals surface area contributed by atoms with E-state index >= 15 is 0 Å². The minimum atomic E-state index is -0.540. The minimum absolute atomic E-state index is 0.196. The molecule has 0 aliphatic carbocycles. The molecule has 0 aliphatic rings. The fourth-order valence-corrected chi connectivity index (χ4v) is 2.64. The van der Waals surface area contributed by atoms with Crippen molar-refractivity contribution in [2.45, 2.75) is 13.0 Å². The van der Waals surface area contributed by atoms with Crippen LogP contribution in [0.1, 0.15) is 18.8 Å². The summed E-state index contributed by atoms with van der Waals surface area (Å²) in [4.78, 5) is 25.4. The third-order valence-electron chi connectivity index (χ3n) is 3.24. The first kappa shape index (κ1) is 15.7. The smallest absolute Gasteiger partial charge is 0.268 e. The largest absolute Gasteiger partial charge is 0.382 e. The molecule has 0 bridgehead atoms. The zero-order chi connectivity index (χ0) is 16.7. The summed E-state index contributed by atoms with van der Waals surface area (Å²) in [6.45, 7) is 1.70. The average Bonchev–Trinajstić information content (AvgIpc) is 2.51. The van der Waals surface area contributed by atoms with Crippen LogP contribution >= 0.6 is 23.2 Å². The molecule has 0 spiro atoms. The summed E-state index contributed by atoms with van der Waals surface area (Å²) in [6, 6.07) is 2.58. The van der Waals surface area contributed by atoms with Crippen molar-refractivity contribution in [1.82, 2.24) is 19.5 Å². The van der Waals surface area contributed by atoms with Gasteiger partial charge in [-0.3, -0.25) is 4.79 Å². The number of anilines is 1. The predicted octanol–water partition coefficient (Wildman–Crippen LogP) is 2.08. The highest BCUT2D eigenvalue weighted by Gasteiger charge is 2.19. The third-order valence-corrected chi connectivity index (χ3v) is 3.86. The first-order chi connectivity index (χ1) is 10.9. The summed E-state index contributed by atoms with van der Waals surface area (Å²) < 4.78 is 1.27. The monoisotopic (exact) mass is 350 g/mol. The zero-order valence-corrected chi connectivity index (χ0v) is 13.5. The van der Waals surface area contributed by atoms with Gasteiger partial charge in [-0.25, -0.2) is 19.5 Å². The van der Waals surface area contributed by atoms with Crippen LogP contribution < -0.4 is 17.0 Å². The molecule has 1 atom stereocenters. The van der Waals surface area contributed by atoms with Crippen molar-refractivity contribution in [3.8, 4) is 5.82 Å². The summed E-state index contributed by atoms with van der Waals surface area (Å²) >= 11 is 12.3. The molecule has 9 heteroatoms. The van der Waals surface area contributed by atoms with Gasteiger partial charge in [0.05, 0.1) is 39.4 Å². The number of fused-ring (bicyclic) bond motifs is 1. The van der Waals surface area contributed by atoms with Crippen LogP contribution in [0.25, 0.3) is 16.7 Å². The Bertz CT molecular complexity index is 952. The minimum Gasteiger partial charge on any atom is -0.382 e. The van der Waals surface area contributed by atoms with Crippen molar-refractivity contribution in [3.05, 3.63) is 50.7 Å². The second-order valence-corrected chi connectivity index (χ2v) is 5.77. The highest BCUT2D eigenvalue weighted by molar-refractivity contribution is 6.39. The van der Waals surface area contributed by atoms with Crippen molar-refractivity contribution in [3.63, 3.8) is 0 Å². The molecule has 0 unspecified atom stereocenters. The summed E-state index contributed by atoms with van der Waals surface area (Å²) in [7, 11) is 0. The predicted molar refractivity (Wildman–Crippen MR) is 90.0 cm³/mol. The van der Waals surface area contributed by atoms with E-state index < -0.39 is 11.6 Å². The third kappa shape index (κ3) is 2.63. The molecular formula is C14H12Cl2N6O. The van der Waals surface area contributed by atoms with Gasteiger partial charge in [0.1, 0.15) is 11.6 Å². The van der Waals surface area contributed by atoms with Crippen molar-refractivity contribution < 1.29 is 0 Å². The van der Waals surface area contributed by atoms with Crippen molar-refractivity contribution in [2.75, 3.05) is 5.73 Å². The Morgan fingerprint density at radius 2 is 1.87 bits per heavy atom. The Balaban J connectivity index is 2.47. The molecule has 0 amide bonds. The van der Waals surface area contributed by atoms with E-state index in [0.29, 0.717) is 16.4 Å². The lowest BCUT2D eigenvalue weighted by Gasteiger charge is -2.15. The van der Waals surface area contributed by atoms with E-state index in [1.807, 2.05) is 0 Å². The molecule has 0 aliphatic heterocycles. The van der Waals surface area contributed by atoms with Gasteiger partial charge >= 0.3 is 0 Å². The van der Waals surface area contributed by atoms with E-state index in [1.54, 1.807) is 19.1 Å². The Morgan fingerprint density at radius 3 is 2.48 bits per heavy atom. The second kappa shape index (κ2) is 5.77. The second-order valence-electron chi connectivity index (χ2n) is 4.95. The maximum atomic E-state index is 12.9. The summed E-state index contributed by atoms with van der Waals surface area (Å²) in [5.41, 5.74) is 11.4. The molecule has 0 fully saturated rings. The standard InChI is InChI=1S/C14H12Cl2N6O/c1-6(17)13-21-12-8(16)3-2-7(15)11(12)14(23)22(13)10-5-19-9(18)4-20-10/h2-6H,17H2,1H3,(H2,18,19)/t6-/m0/s1. The lowest BCUT2D eigenvalue weighted by Crippen LogP contribution is -2.28. The normalized spacial score (nSPS) is 12.5. The van der Waals surface area contributed by atoms with Crippen molar-refractivity contribution >= 4 is 39.9 Å². The number of aromatic nitrogens is 4. The van der Waals surface area contributed by atoms with Crippen molar-refractivity contribution in [1.29, 1.82) is 0 Å². The Labute approximate surface area is 140 Å². The molecule has 4 N–H and O–H groups in total. The lowest BCUT2D eigenvalue weighted by molar-refractivity contribution is 0.687. The van der Waals surface area contributed by atoms with Gasteiger partial charge in [-0.05, 0) is 19.1 Å². The molecule has 0 radical (unpaired) electrons. The van der Waals surface area contributed by atoms with Gasteiger partial charge in [0.25, 0.3) is 5.56 Å². The summed E-state index contributed by atoms with van der Waals surface area (Å²) in [5.74, 6) is 0.784. The molecular weight excluding hydrogens is 339 g/mol. The van der Waals surface area contributed by atoms with E-state index in [-0.39, 0.29) is 22.0 Å². The average molecular weight is 351 g/mol. The highest BCUT2D eigenvalue weighted by Crippen LogP contribution is 2.27. The summed E-state index contributed by atoms with van der Waals surface area (Å²) in [6.07, 6.45) is 2.71. The Hall–Kier alpha value is -2.22. The van der Waals surface area contributed by atoms with Gasteiger partial charge in [-0.2, -0.15) is 0 Å². The van der Waals surface area contributed by atoms with E-state index in [4.69, 9.17) is 34.7 Å². The first-order valence-corrected chi connectivity index (χ1v) is 7.40. The van der Waals surface area contributed by atoms with Gasteiger partial charge < -0.3 is 11.5 Å². The van der Waals surface area contributed by atoms with Crippen LogP contribution in [-0.4, -0.2) is 19.5 Å². The van der Waals surface area contributed by atoms with Gasteiger partial charge in [-0.1, -0.05) is 23.2 Å². The number of hydrogen-bond donors (Lipinski definition) is 2. The SMILES string of the molecule is C[C@H](N)c1nc2c(Cl)ccc(Cl)c2c(=O)n1-c1cnc(N)cn1. The van der Waals surface area contributed by atoms with Crippen LogP contribution in [0.3, 0.4) is 0 Å². The fraction of sp³-hybridized carbons (Fsp3) is 0.143. The maximum Gasteiger partial charge on any atom is 0.268 e. The van der Waals surface area contributed by atoms with Crippen LogP contribution in [0, 0.1) is 0 Å². The molecule has 3 rings (SSSR count). The Kier molecular flexibility index (Phi) is 3.93. The molecule has 2 heterocycles. The lowest BCUT2D eigenvalue weighted by atomic mass is 10.2. The number of benzene rings is 1. The van der Waals surface area contributed by atoms with E-state index in [1.165, 1.54) is 17.0 Å². The van der Waals surface area contributed by atoms with Crippen LogP contribution in [0.5, 0.6) is 0 Å². The number of nitrogens with zero attached hydrogens (tertiary/aromatic N) is 4. The number of nitrogen functional groups attached to an aromatic ring is 1. The molecule has 1 aromatic carbocycles. The van der Waals surface area contributed by atoms with Crippen LogP contribution in [-0.2, 0) is 0 Å². The number of nitrogens with two attached hydrogens (primary N) is 2. The van der Waals surface area contributed by atoms with Crippen LogP contribution in [0.4, 0.5) is 5.82 Å². The Morgan fingerprint density at radius 1 is 1.17 bits per heavy atom. The number of rotatable bonds is 2. The van der Waals surface area contributed by atoms with Crippen LogP contribution in [0.15, 0.2) is 29.3 Å². The van der Waals surface area contributed by atoms with Gasteiger partial charge in [0.15, 0.2) is 5.82 Å². The molecule has 7 nitrogen and oxygen atoms in total. The topological polar surface area (TPSA) is 113 Å². The fourth-order valence-electron chi connectivity index (χ4n) is 2.21. The number of hydrogen-bond acceptors (Lipinski definition) is 6. The quantitative estimate of drug-likeness (QED) is 0.731. The maximum absolute atomic E-state index is 12.9. The van der Waals surface area contributed by atoms with E-state index in [2.05, 4.69) is 15.0 Å². The van der Waals surface area contributed by atoms with E-state index in [9.17, 15) is 4.79 Å². The summed E-state index contributed by atoms with van der Waals surface area (Å²) in [5, 5.41) is 0.761. The molecule has 0 saturated heterocycles. The molecule has 23 heavy (non-hydrogen) atoms. The van der Waals surface area contributed by atoms with E-state index in [0.717, 1.165) is 0 Å². The van der Waals surface area contributed by atoms with Crippen LogP contribution in [0.2, 0.25) is 10.0 Å². The molecule has 3 aromatic rings. The van der Waals surface area contributed by atoms with Gasteiger partial charge in [0.2, 0.25) is 0 Å². The molecule has 118 valence electrons. The highest BCUT2D eigenvalue weighted by atomic mass is 35.5. The molecule has 0 saturated carbocycles. The number of halogens is 2. The zero-order valence-electron chi connectivity index (χ0n) is 12.0. The van der Waals surface area contributed by atoms with Gasteiger partial charge in [0, 0.05) is 0 Å². The first-order valence-electron chi connectivity index (χ1n) is 6.64.